The van der Waals surface area contributed by atoms with E-state index in [2.05, 4.69) is 12.2 Å². The summed E-state index contributed by atoms with van der Waals surface area (Å²) in [6.45, 7) is 9.70. The highest BCUT2D eigenvalue weighted by molar-refractivity contribution is 5.98. The SMILES string of the molecule is CCCN(CCC)C(=O)c1cc(C)cc(C(=O)O[C@H](CNC2CCCCC2C)[C@@H](N)Cc2cc(F)cc(F)c2)c1. The highest BCUT2D eigenvalue weighted by Gasteiger charge is 2.28. The second-order valence-corrected chi connectivity index (χ2v) is 11.2. The van der Waals surface area contributed by atoms with Crippen LogP contribution in [0.5, 0.6) is 0 Å². The molecule has 40 heavy (non-hydrogen) atoms. The van der Waals surface area contributed by atoms with Gasteiger partial charge in [-0.05, 0) is 86.4 Å². The van der Waals surface area contributed by atoms with Crippen molar-refractivity contribution in [3.63, 3.8) is 0 Å². The molecule has 2 aromatic rings. The van der Waals surface area contributed by atoms with Gasteiger partial charge in [0.15, 0.2) is 0 Å². The average Bonchev–Trinajstić information content (AvgIpc) is 2.90. The molecule has 0 radical (unpaired) electrons. The van der Waals surface area contributed by atoms with Crippen LogP contribution in [0.1, 0.15) is 91.1 Å². The van der Waals surface area contributed by atoms with Gasteiger partial charge in [0.25, 0.3) is 5.91 Å². The van der Waals surface area contributed by atoms with Crippen molar-refractivity contribution in [1.29, 1.82) is 0 Å². The normalized spacial score (nSPS) is 18.7. The molecule has 1 fully saturated rings. The van der Waals surface area contributed by atoms with E-state index in [1.807, 2.05) is 20.8 Å². The van der Waals surface area contributed by atoms with Crippen LogP contribution < -0.4 is 11.1 Å². The number of aryl methyl sites for hydroxylation is 1. The fourth-order valence-electron chi connectivity index (χ4n) is 5.57. The molecule has 0 heterocycles. The molecule has 1 aliphatic rings. The van der Waals surface area contributed by atoms with E-state index in [4.69, 9.17) is 10.5 Å². The molecule has 1 aliphatic carbocycles. The van der Waals surface area contributed by atoms with Crippen LogP contribution in [0.2, 0.25) is 0 Å². The smallest absolute Gasteiger partial charge is 0.338 e. The number of hydrogen-bond acceptors (Lipinski definition) is 5. The third kappa shape index (κ3) is 9.10. The second kappa shape index (κ2) is 15.2. The fourth-order valence-corrected chi connectivity index (χ4v) is 5.57. The molecular formula is C32H45F2N3O3. The maximum Gasteiger partial charge on any atom is 0.338 e. The quantitative estimate of drug-likeness (QED) is 0.304. The Morgan fingerprint density at radius 3 is 2.25 bits per heavy atom. The third-order valence-electron chi connectivity index (χ3n) is 7.66. The van der Waals surface area contributed by atoms with Gasteiger partial charge in [-0.15, -0.1) is 0 Å². The monoisotopic (exact) mass is 557 g/mol. The number of halogens is 2. The van der Waals surface area contributed by atoms with Crippen LogP contribution in [0.4, 0.5) is 8.78 Å². The molecule has 1 saturated carbocycles. The zero-order valence-corrected chi connectivity index (χ0v) is 24.3. The number of nitrogens with two attached hydrogens (primary N) is 1. The van der Waals surface area contributed by atoms with Crippen molar-refractivity contribution in [2.45, 2.75) is 90.8 Å². The summed E-state index contributed by atoms with van der Waals surface area (Å²) >= 11 is 0. The van der Waals surface area contributed by atoms with E-state index in [1.54, 1.807) is 23.1 Å². The highest BCUT2D eigenvalue weighted by Crippen LogP contribution is 2.24. The van der Waals surface area contributed by atoms with Gasteiger partial charge in [0.1, 0.15) is 17.7 Å². The van der Waals surface area contributed by atoms with Gasteiger partial charge < -0.3 is 20.7 Å². The summed E-state index contributed by atoms with van der Waals surface area (Å²) in [7, 11) is 0. The van der Waals surface area contributed by atoms with Crippen LogP contribution in [0, 0.1) is 24.5 Å². The number of carbonyl (C=O) groups is 2. The van der Waals surface area contributed by atoms with Gasteiger partial charge in [-0.1, -0.05) is 33.6 Å². The molecule has 0 bridgehead atoms. The molecule has 8 heteroatoms. The average molecular weight is 558 g/mol. The molecule has 0 aromatic heterocycles. The number of ether oxygens (including phenoxy) is 1. The van der Waals surface area contributed by atoms with E-state index in [0.29, 0.717) is 36.7 Å². The van der Waals surface area contributed by atoms with Crippen molar-refractivity contribution in [1.82, 2.24) is 10.2 Å². The highest BCUT2D eigenvalue weighted by atomic mass is 19.1. The maximum absolute atomic E-state index is 13.8. The number of esters is 1. The van der Waals surface area contributed by atoms with Crippen LogP contribution >= 0.6 is 0 Å². The van der Waals surface area contributed by atoms with E-state index in [1.165, 1.54) is 18.6 Å². The Labute approximate surface area is 237 Å². The molecule has 3 N–H and O–H groups in total. The third-order valence-corrected chi connectivity index (χ3v) is 7.66. The standard InChI is InChI=1S/C32H45F2N3O3/c1-5-11-37(12-6-2)31(38)24-13-21(3)14-25(18-24)32(39)40-30(20-36-29-10-8-7-9-22(29)4)28(35)17-23-15-26(33)19-27(34)16-23/h13-16,18-19,22,28-30,36H,5-12,17,20,35H2,1-4H3/t22?,28-,29?,30+/m0/s1. The van der Waals surface area contributed by atoms with Crippen molar-refractivity contribution in [3.05, 3.63) is 70.3 Å². The fraction of sp³-hybridized carbons (Fsp3) is 0.562. The van der Waals surface area contributed by atoms with Gasteiger partial charge in [-0.3, -0.25) is 4.79 Å². The van der Waals surface area contributed by atoms with Gasteiger partial charge in [0, 0.05) is 43.3 Å². The molecule has 2 unspecified atom stereocenters. The topological polar surface area (TPSA) is 84.7 Å². The van der Waals surface area contributed by atoms with Crippen LogP contribution in [-0.2, 0) is 11.2 Å². The number of carbonyl (C=O) groups excluding carboxylic acids is 2. The summed E-state index contributed by atoms with van der Waals surface area (Å²) in [5.41, 5.74) is 8.41. The van der Waals surface area contributed by atoms with E-state index in [-0.39, 0.29) is 23.9 Å². The van der Waals surface area contributed by atoms with Gasteiger partial charge in [-0.25, -0.2) is 13.6 Å². The molecule has 220 valence electrons. The maximum atomic E-state index is 13.8. The predicted molar refractivity (Wildman–Crippen MR) is 154 cm³/mol. The molecule has 2 aromatic carbocycles. The van der Waals surface area contributed by atoms with Gasteiger partial charge in [0.05, 0.1) is 5.56 Å². The Morgan fingerprint density at radius 2 is 1.62 bits per heavy atom. The molecule has 6 nitrogen and oxygen atoms in total. The lowest BCUT2D eigenvalue weighted by Crippen LogP contribution is -2.49. The molecule has 4 atom stereocenters. The molecule has 0 aliphatic heterocycles. The molecule has 1 amide bonds. The summed E-state index contributed by atoms with van der Waals surface area (Å²) < 4.78 is 33.6. The molecular weight excluding hydrogens is 512 g/mol. The first-order valence-electron chi connectivity index (χ1n) is 14.7. The van der Waals surface area contributed by atoms with E-state index < -0.39 is 29.7 Å². The minimum atomic E-state index is -0.746. The van der Waals surface area contributed by atoms with Crippen LogP contribution in [0.15, 0.2) is 36.4 Å². The Morgan fingerprint density at radius 1 is 1.00 bits per heavy atom. The lowest BCUT2D eigenvalue weighted by molar-refractivity contribution is 0.0223. The van der Waals surface area contributed by atoms with E-state index in [9.17, 15) is 18.4 Å². The van der Waals surface area contributed by atoms with Gasteiger partial charge in [-0.2, -0.15) is 0 Å². The number of nitrogens with one attached hydrogen (secondary N) is 1. The summed E-state index contributed by atoms with van der Waals surface area (Å²) in [5.74, 6) is -1.57. The van der Waals surface area contributed by atoms with Crippen molar-refractivity contribution in [2.75, 3.05) is 19.6 Å². The zero-order chi connectivity index (χ0) is 29.2. The minimum absolute atomic E-state index is 0.115. The summed E-state index contributed by atoms with van der Waals surface area (Å²) in [6, 6.07) is 7.95. The number of nitrogens with zero attached hydrogens (tertiary/aromatic N) is 1. The van der Waals surface area contributed by atoms with Crippen molar-refractivity contribution in [3.8, 4) is 0 Å². The van der Waals surface area contributed by atoms with E-state index >= 15 is 0 Å². The first-order chi connectivity index (χ1) is 19.1. The van der Waals surface area contributed by atoms with Gasteiger partial charge >= 0.3 is 5.97 Å². The van der Waals surface area contributed by atoms with Crippen LogP contribution in [0.3, 0.4) is 0 Å². The lowest BCUT2D eigenvalue weighted by Gasteiger charge is -2.32. The predicted octanol–water partition coefficient (Wildman–Crippen LogP) is 5.80. The Hall–Kier alpha value is -2.84. The largest absolute Gasteiger partial charge is 0.456 e. The van der Waals surface area contributed by atoms with Crippen molar-refractivity contribution < 1.29 is 23.1 Å². The number of amides is 1. The number of rotatable bonds is 13. The Bertz CT molecular complexity index is 1120. The Kier molecular flexibility index (Phi) is 12.1. The van der Waals surface area contributed by atoms with Crippen molar-refractivity contribution >= 4 is 11.9 Å². The van der Waals surface area contributed by atoms with Crippen molar-refractivity contribution in [2.24, 2.45) is 11.7 Å². The van der Waals surface area contributed by atoms with Gasteiger partial charge in [0.2, 0.25) is 0 Å². The first-order valence-corrected chi connectivity index (χ1v) is 14.7. The second-order valence-electron chi connectivity index (χ2n) is 11.2. The number of benzene rings is 2. The zero-order valence-electron chi connectivity index (χ0n) is 24.3. The summed E-state index contributed by atoms with van der Waals surface area (Å²) in [6.07, 6.45) is 5.56. The minimum Gasteiger partial charge on any atom is -0.456 e. The lowest BCUT2D eigenvalue weighted by atomic mass is 9.86. The summed E-state index contributed by atoms with van der Waals surface area (Å²) in [4.78, 5) is 28.5. The Balaban J connectivity index is 1.81. The van der Waals surface area contributed by atoms with Crippen LogP contribution in [0.25, 0.3) is 0 Å². The number of hydrogen-bond donors (Lipinski definition) is 2. The molecule has 0 saturated heterocycles. The molecule has 0 spiro atoms. The molecule has 3 rings (SSSR count). The van der Waals surface area contributed by atoms with Crippen LogP contribution in [-0.4, -0.2) is 54.6 Å². The van der Waals surface area contributed by atoms with E-state index in [0.717, 1.165) is 43.7 Å². The first kappa shape index (κ1) is 31.7. The summed E-state index contributed by atoms with van der Waals surface area (Å²) in [5, 5.41) is 3.54.